The van der Waals surface area contributed by atoms with Crippen LogP contribution in [0.2, 0.25) is 0 Å². The van der Waals surface area contributed by atoms with E-state index in [2.05, 4.69) is 32.1 Å². The predicted molar refractivity (Wildman–Crippen MR) is 146 cm³/mol. The Bertz CT molecular complexity index is 1470. The highest BCUT2D eigenvalue weighted by atomic mass is 32.2. The molecule has 0 amide bonds. The third-order valence-electron chi connectivity index (χ3n) is 5.71. The van der Waals surface area contributed by atoms with E-state index in [1.165, 1.54) is 11.3 Å². The van der Waals surface area contributed by atoms with Gasteiger partial charge >= 0.3 is 0 Å². The van der Waals surface area contributed by atoms with E-state index >= 15 is 0 Å². The Balaban J connectivity index is 1.40. The number of benzene rings is 2. The predicted octanol–water partition coefficient (Wildman–Crippen LogP) is 5.02. The topological polar surface area (TPSA) is 96.5 Å². The number of thiophene rings is 1. The molecular formula is C26H29N5O3S2. The summed E-state index contributed by atoms with van der Waals surface area (Å²) in [7, 11) is -3.65. The highest BCUT2D eigenvalue weighted by Gasteiger charge is 2.22. The molecule has 2 aromatic carbocycles. The second-order valence-electron chi connectivity index (χ2n) is 9.71. The Hall–Kier alpha value is -3.05. The first kappa shape index (κ1) is 24.6. The molecule has 2 N–H and O–H groups in total. The van der Waals surface area contributed by atoms with Crippen molar-refractivity contribution in [3.8, 4) is 11.1 Å². The van der Waals surface area contributed by atoms with Crippen LogP contribution in [0.3, 0.4) is 0 Å². The fourth-order valence-corrected chi connectivity index (χ4v) is 6.43. The number of hydrogen-bond donors (Lipinski definition) is 2. The number of anilines is 3. The summed E-state index contributed by atoms with van der Waals surface area (Å²) in [5, 5.41) is 5.28. The Morgan fingerprint density at radius 1 is 1.06 bits per heavy atom. The summed E-state index contributed by atoms with van der Waals surface area (Å²) in [6.07, 6.45) is 1.79. The van der Waals surface area contributed by atoms with Crippen LogP contribution < -0.4 is 14.9 Å². The standard InChI is InChI=1S/C26H29N5O3S2/c1-26(2,3)30-36(32,33)21-6-4-5-18(15-21)22-17-35-23-16-27-25(29-24(22)23)28-19-7-9-20(10-8-19)31-11-13-34-14-12-31/h4-10,15-17,30H,11-14H2,1-3H3,(H,27,28,29). The van der Waals surface area contributed by atoms with Gasteiger partial charge in [-0.2, -0.15) is 0 Å². The van der Waals surface area contributed by atoms with Crippen molar-refractivity contribution in [3.05, 3.63) is 60.1 Å². The van der Waals surface area contributed by atoms with E-state index in [9.17, 15) is 8.42 Å². The number of nitrogens with one attached hydrogen (secondary N) is 2. The first-order valence-corrected chi connectivity index (χ1v) is 14.1. The summed E-state index contributed by atoms with van der Waals surface area (Å²) in [5.41, 5.74) is 3.92. The first-order chi connectivity index (χ1) is 17.2. The molecule has 10 heteroatoms. The van der Waals surface area contributed by atoms with Crippen LogP contribution in [0.15, 0.2) is 65.0 Å². The van der Waals surface area contributed by atoms with Crippen LogP contribution in [0.25, 0.3) is 21.3 Å². The van der Waals surface area contributed by atoms with E-state index < -0.39 is 15.6 Å². The van der Waals surface area contributed by atoms with Crippen molar-refractivity contribution in [2.45, 2.75) is 31.2 Å². The molecule has 5 rings (SSSR count). The zero-order valence-corrected chi connectivity index (χ0v) is 22.1. The molecule has 0 saturated carbocycles. The Labute approximate surface area is 215 Å². The molecule has 8 nitrogen and oxygen atoms in total. The minimum absolute atomic E-state index is 0.224. The number of morpholine rings is 1. The van der Waals surface area contributed by atoms with Gasteiger partial charge in [-0.15, -0.1) is 11.3 Å². The fourth-order valence-electron chi connectivity index (χ4n) is 4.09. The third-order valence-corrected chi connectivity index (χ3v) is 8.37. The van der Waals surface area contributed by atoms with Gasteiger partial charge in [-0.05, 0) is 62.7 Å². The monoisotopic (exact) mass is 523 g/mol. The van der Waals surface area contributed by atoms with Gasteiger partial charge < -0.3 is 15.0 Å². The highest BCUT2D eigenvalue weighted by Crippen LogP contribution is 2.34. The molecule has 0 radical (unpaired) electrons. The molecule has 1 aliphatic rings. The quantitative estimate of drug-likeness (QED) is 0.366. The molecule has 1 fully saturated rings. The van der Waals surface area contributed by atoms with Crippen LogP contribution in [-0.2, 0) is 14.8 Å². The number of fused-ring (bicyclic) bond motifs is 1. The minimum Gasteiger partial charge on any atom is -0.378 e. The number of nitrogens with zero attached hydrogens (tertiary/aromatic N) is 3. The Morgan fingerprint density at radius 3 is 2.53 bits per heavy atom. The maximum Gasteiger partial charge on any atom is 0.241 e. The zero-order valence-electron chi connectivity index (χ0n) is 20.5. The van der Waals surface area contributed by atoms with Crippen molar-refractivity contribution in [3.63, 3.8) is 0 Å². The molecule has 188 valence electrons. The van der Waals surface area contributed by atoms with Crippen molar-refractivity contribution in [2.24, 2.45) is 0 Å². The van der Waals surface area contributed by atoms with E-state index in [0.29, 0.717) is 5.95 Å². The van der Waals surface area contributed by atoms with Gasteiger partial charge in [0.1, 0.15) is 0 Å². The minimum atomic E-state index is -3.65. The van der Waals surface area contributed by atoms with Gasteiger partial charge in [0.05, 0.1) is 34.5 Å². The molecule has 0 bridgehead atoms. The van der Waals surface area contributed by atoms with Gasteiger partial charge in [-0.25, -0.2) is 23.1 Å². The average molecular weight is 524 g/mol. The van der Waals surface area contributed by atoms with Gasteiger partial charge in [-0.3, -0.25) is 0 Å². The summed E-state index contributed by atoms with van der Waals surface area (Å²) >= 11 is 1.53. The molecule has 0 unspecified atom stereocenters. The van der Waals surface area contributed by atoms with E-state index in [0.717, 1.165) is 59.0 Å². The largest absolute Gasteiger partial charge is 0.378 e. The van der Waals surface area contributed by atoms with Crippen molar-refractivity contribution >= 4 is 48.9 Å². The van der Waals surface area contributed by atoms with Gasteiger partial charge in [0, 0.05) is 40.9 Å². The first-order valence-electron chi connectivity index (χ1n) is 11.8. The van der Waals surface area contributed by atoms with Crippen LogP contribution >= 0.6 is 11.3 Å². The normalized spacial score (nSPS) is 14.8. The fraction of sp³-hybridized carbons (Fsp3) is 0.308. The molecular weight excluding hydrogens is 494 g/mol. The second kappa shape index (κ2) is 9.78. The summed E-state index contributed by atoms with van der Waals surface area (Å²) in [5.74, 6) is 0.486. The Kier molecular flexibility index (Phi) is 6.69. The lowest BCUT2D eigenvalue weighted by Crippen LogP contribution is -2.40. The summed E-state index contributed by atoms with van der Waals surface area (Å²) in [6.45, 7) is 8.75. The van der Waals surface area contributed by atoms with Crippen molar-refractivity contribution in [1.82, 2.24) is 14.7 Å². The number of rotatable bonds is 6. The van der Waals surface area contributed by atoms with Gasteiger partial charge in [0.2, 0.25) is 16.0 Å². The average Bonchev–Trinajstić information content (AvgIpc) is 3.27. The van der Waals surface area contributed by atoms with E-state index in [4.69, 9.17) is 9.72 Å². The second-order valence-corrected chi connectivity index (χ2v) is 12.3. The molecule has 1 saturated heterocycles. The lowest BCUT2D eigenvalue weighted by atomic mass is 10.1. The van der Waals surface area contributed by atoms with Crippen LogP contribution in [0.4, 0.5) is 17.3 Å². The molecule has 0 atom stereocenters. The third kappa shape index (κ3) is 5.52. The van der Waals surface area contributed by atoms with Crippen LogP contribution in [-0.4, -0.2) is 50.2 Å². The lowest BCUT2D eigenvalue weighted by Gasteiger charge is -2.28. The number of aromatic nitrogens is 2. The highest BCUT2D eigenvalue weighted by molar-refractivity contribution is 7.89. The SMILES string of the molecule is CC(C)(C)NS(=O)(=O)c1cccc(-c2csc3cnc(Nc4ccc(N5CCOCC5)cc4)nc23)c1. The van der Waals surface area contributed by atoms with Crippen molar-refractivity contribution in [2.75, 3.05) is 36.5 Å². The van der Waals surface area contributed by atoms with Crippen molar-refractivity contribution in [1.29, 1.82) is 0 Å². The van der Waals surface area contributed by atoms with Crippen LogP contribution in [0.1, 0.15) is 20.8 Å². The molecule has 36 heavy (non-hydrogen) atoms. The Morgan fingerprint density at radius 2 is 1.81 bits per heavy atom. The number of hydrogen-bond acceptors (Lipinski definition) is 8. The number of ether oxygens (including phenoxy) is 1. The maximum absolute atomic E-state index is 12.9. The van der Waals surface area contributed by atoms with E-state index in [1.54, 1.807) is 24.4 Å². The molecule has 3 heterocycles. The van der Waals surface area contributed by atoms with Crippen LogP contribution in [0.5, 0.6) is 0 Å². The summed E-state index contributed by atoms with van der Waals surface area (Å²) < 4.78 is 34.8. The van der Waals surface area contributed by atoms with E-state index in [-0.39, 0.29) is 4.90 Å². The van der Waals surface area contributed by atoms with Crippen LogP contribution in [0, 0.1) is 0 Å². The van der Waals surface area contributed by atoms with Gasteiger partial charge in [0.15, 0.2) is 0 Å². The molecule has 4 aromatic rings. The molecule has 0 aliphatic carbocycles. The van der Waals surface area contributed by atoms with Crippen molar-refractivity contribution < 1.29 is 13.2 Å². The summed E-state index contributed by atoms with van der Waals surface area (Å²) in [6, 6.07) is 15.2. The molecule has 0 spiro atoms. The molecule has 2 aromatic heterocycles. The molecule has 1 aliphatic heterocycles. The van der Waals surface area contributed by atoms with Gasteiger partial charge in [-0.1, -0.05) is 12.1 Å². The lowest BCUT2D eigenvalue weighted by molar-refractivity contribution is 0.122. The zero-order chi connectivity index (χ0) is 25.3. The number of sulfonamides is 1. The van der Waals surface area contributed by atoms with Gasteiger partial charge in [0.25, 0.3) is 0 Å². The van der Waals surface area contributed by atoms with E-state index in [1.807, 2.05) is 44.4 Å². The maximum atomic E-state index is 12.9. The summed E-state index contributed by atoms with van der Waals surface area (Å²) in [4.78, 5) is 11.8. The smallest absolute Gasteiger partial charge is 0.241 e.